The second kappa shape index (κ2) is 8.56. The molecule has 150 valence electrons. The number of aromatic amines is 1. The molecule has 0 spiro atoms. The number of aromatic nitrogens is 1. The van der Waals surface area contributed by atoms with Crippen LogP contribution in [0.3, 0.4) is 0 Å². The molecule has 0 radical (unpaired) electrons. The number of H-pyrrole nitrogens is 1. The zero-order chi connectivity index (χ0) is 20.2. The summed E-state index contributed by atoms with van der Waals surface area (Å²) in [6.07, 6.45) is 4.59. The summed E-state index contributed by atoms with van der Waals surface area (Å²) in [4.78, 5) is 18.5. The highest BCUT2D eigenvalue weighted by Gasteiger charge is 2.26. The van der Waals surface area contributed by atoms with Crippen molar-refractivity contribution in [1.29, 1.82) is 0 Å². The van der Waals surface area contributed by atoms with Gasteiger partial charge in [-0.3, -0.25) is 4.79 Å². The topological polar surface area (TPSA) is 48.1 Å². The molecule has 0 saturated heterocycles. The average Bonchev–Trinajstić information content (AvgIpc) is 3.17. The Hall–Kier alpha value is -3.01. The van der Waals surface area contributed by atoms with E-state index in [4.69, 9.17) is 0 Å². The Morgan fingerprint density at radius 3 is 2.66 bits per heavy atom. The molecule has 4 nitrogen and oxygen atoms in total. The van der Waals surface area contributed by atoms with Gasteiger partial charge in [-0.15, -0.1) is 0 Å². The third-order valence-corrected chi connectivity index (χ3v) is 5.91. The van der Waals surface area contributed by atoms with Crippen LogP contribution in [0.1, 0.15) is 43.9 Å². The number of benzene rings is 2. The molecular weight excluding hydrogens is 358 g/mol. The molecule has 2 heterocycles. The number of para-hydroxylation sites is 1. The Morgan fingerprint density at radius 1 is 1.10 bits per heavy atom. The zero-order valence-corrected chi connectivity index (χ0v) is 17.2. The molecule has 29 heavy (non-hydrogen) atoms. The van der Waals surface area contributed by atoms with Crippen LogP contribution in [0.5, 0.6) is 0 Å². The maximum absolute atomic E-state index is 13.1. The van der Waals surface area contributed by atoms with Crippen molar-refractivity contribution >= 4 is 16.8 Å². The molecule has 2 N–H and O–H groups in total. The Labute approximate surface area is 172 Å². The number of rotatable bonds is 7. The molecule has 1 amide bonds. The summed E-state index contributed by atoms with van der Waals surface area (Å²) in [6.45, 7) is 5.76. The van der Waals surface area contributed by atoms with Crippen molar-refractivity contribution in [3.8, 4) is 0 Å². The fourth-order valence-corrected chi connectivity index (χ4v) is 4.24. The second-order valence-electron chi connectivity index (χ2n) is 7.74. The Balaban J connectivity index is 1.44. The molecule has 1 aromatic heterocycles. The maximum Gasteiger partial charge on any atom is 0.251 e. The van der Waals surface area contributed by atoms with Crippen molar-refractivity contribution in [2.24, 2.45) is 0 Å². The number of hydrogen-bond acceptors (Lipinski definition) is 2. The third kappa shape index (κ3) is 4.07. The quantitative estimate of drug-likeness (QED) is 0.602. The minimum atomic E-state index is 0.182. The number of amides is 1. The minimum Gasteiger partial charge on any atom is -0.381 e. The van der Waals surface area contributed by atoms with Gasteiger partial charge in [-0.2, -0.15) is 0 Å². The van der Waals surface area contributed by atoms with Crippen LogP contribution in [0.4, 0.5) is 0 Å². The predicted molar refractivity (Wildman–Crippen MR) is 119 cm³/mol. The lowest BCUT2D eigenvalue weighted by molar-refractivity contribution is -0.128. The summed E-state index contributed by atoms with van der Waals surface area (Å²) in [5, 5.41) is 4.86. The number of nitrogens with zero attached hydrogens (tertiary/aromatic N) is 1. The summed E-state index contributed by atoms with van der Waals surface area (Å²) < 4.78 is 0. The Morgan fingerprint density at radius 2 is 1.86 bits per heavy atom. The van der Waals surface area contributed by atoms with Crippen molar-refractivity contribution in [3.05, 3.63) is 83.2 Å². The van der Waals surface area contributed by atoms with Crippen LogP contribution in [0.2, 0.25) is 0 Å². The van der Waals surface area contributed by atoms with Crippen LogP contribution in [0.15, 0.2) is 72.1 Å². The molecule has 0 aliphatic carbocycles. The van der Waals surface area contributed by atoms with Gasteiger partial charge < -0.3 is 15.2 Å². The van der Waals surface area contributed by atoms with E-state index < -0.39 is 0 Å². The van der Waals surface area contributed by atoms with Gasteiger partial charge in [0.15, 0.2) is 0 Å². The fraction of sp³-hybridized carbons (Fsp3) is 0.320. The summed E-state index contributed by atoms with van der Waals surface area (Å²) >= 11 is 0. The molecule has 0 fully saturated rings. The van der Waals surface area contributed by atoms with E-state index in [2.05, 4.69) is 72.8 Å². The van der Waals surface area contributed by atoms with Crippen LogP contribution in [-0.4, -0.2) is 28.9 Å². The molecule has 0 unspecified atom stereocenters. The van der Waals surface area contributed by atoms with Crippen molar-refractivity contribution in [1.82, 2.24) is 15.2 Å². The van der Waals surface area contributed by atoms with Crippen LogP contribution in [0.25, 0.3) is 10.9 Å². The number of fused-ring (bicyclic) bond motifs is 1. The molecule has 1 aliphatic rings. The molecule has 1 atom stereocenters. The highest BCUT2D eigenvalue weighted by Crippen LogP contribution is 2.25. The van der Waals surface area contributed by atoms with Gasteiger partial charge in [0, 0.05) is 53.9 Å². The first-order valence-electron chi connectivity index (χ1n) is 10.5. The molecule has 2 aromatic carbocycles. The van der Waals surface area contributed by atoms with Crippen molar-refractivity contribution in [2.45, 2.75) is 39.2 Å². The van der Waals surface area contributed by atoms with Crippen LogP contribution >= 0.6 is 0 Å². The van der Waals surface area contributed by atoms with E-state index in [1.165, 1.54) is 16.5 Å². The lowest BCUT2D eigenvalue weighted by Gasteiger charge is -2.32. The van der Waals surface area contributed by atoms with E-state index in [-0.39, 0.29) is 11.9 Å². The van der Waals surface area contributed by atoms with Gasteiger partial charge in [-0.05, 0) is 37.0 Å². The molecule has 0 bridgehead atoms. The van der Waals surface area contributed by atoms with Gasteiger partial charge in [0.05, 0.1) is 0 Å². The lowest BCUT2D eigenvalue weighted by atomic mass is 10.00. The van der Waals surface area contributed by atoms with Gasteiger partial charge >= 0.3 is 0 Å². The summed E-state index contributed by atoms with van der Waals surface area (Å²) in [7, 11) is 0. The maximum atomic E-state index is 13.1. The normalized spacial score (nSPS) is 15.8. The number of nitrogens with one attached hydrogen (secondary N) is 2. The van der Waals surface area contributed by atoms with Crippen molar-refractivity contribution < 1.29 is 4.79 Å². The number of carbonyl (C=O) groups is 1. The molecule has 4 heteroatoms. The monoisotopic (exact) mass is 387 g/mol. The second-order valence-corrected chi connectivity index (χ2v) is 7.74. The van der Waals surface area contributed by atoms with E-state index in [1.54, 1.807) is 0 Å². The molecule has 4 rings (SSSR count). The first kappa shape index (κ1) is 19.3. The highest BCUT2D eigenvalue weighted by atomic mass is 16.2. The first-order valence-corrected chi connectivity index (χ1v) is 10.5. The minimum absolute atomic E-state index is 0.182. The van der Waals surface area contributed by atoms with Gasteiger partial charge in [-0.25, -0.2) is 0 Å². The molecule has 3 aromatic rings. The van der Waals surface area contributed by atoms with E-state index in [0.29, 0.717) is 0 Å². The Kier molecular flexibility index (Phi) is 5.70. The summed E-state index contributed by atoms with van der Waals surface area (Å²) in [5.41, 5.74) is 5.71. The first-order chi connectivity index (χ1) is 14.2. The van der Waals surface area contributed by atoms with Gasteiger partial charge in [0.1, 0.15) is 0 Å². The molecular formula is C25H29N3O. The van der Waals surface area contributed by atoms with E-state index in [9.17, 15) is 4.79 Å². The largest absolute Gasteiger partial charge is 0.381 e. The number of carbonyl (C=O) groups excluding carboxylic acids is 1. The van der Waals surface area contributed by atoms with Crippen molar-refractivity contribution in [2.75, 3.05) is 13.1 Å². The highest BCUT2D eigenvalue weighted by molar-refractivity contribution is 5.95. The summed E-state index contributed by atoms with van der Waals surface area (Å²) in [5.74, 6) is 0.182. The van der Waals surface area contributed by atoms with Gasteiger partial charge in [0.25, 0.3) is 5.91 Å². The van der Waals surface area contributed by atoms with Crippen LogP contribution in [0, 0.1) is 0 Å². The zero-order valence-electron chi connectivity index (χ0n) is 17.2. The average molecular weight is 388 g/mol. The molecule has 0 saturated carbocycles. The Bertz CT molecular complexity index is 1020. The summed E-state index contributed by atoms with van der Waals surface area (Å²) in [6, 6.07) is 18.9. The molecule has 1 aliphatic heterocycles. The number of hydrogen-bond donors (Lipinski definition) is 2. The lowest BCUT2D eigenvalue weighted by Crippen LogP contribution is -2.41. The smallest absolute Gasteiger partial charge is 0.251 e. The third-order valence-electron chi connectivity index (χ3n) is 5.91. The predicted octanol–water partition coefficient (Wildman–Crippen LogP) is 4.96. The van der Waals surface area contributed by atoms with Gasteiger partial charge in [-0.1, -0.05) is 55.5 Å². The van der Waals surface area contributed by atoms with Crippen LogP contribution < -0.4 is 5.32 Å². The standard InChI is InChI=1S/C25H29N3O/c1-3-21-24(27-18(2)19-9-5-4-6-10-19)14-16-28(25(21)29)15-13-20-17-26-23-12-8-7-11-22(20)23/h4-12,17-18,26-27H,3,13-16H2,1-2H3/t18-/m0/s1. The van der Waals surface area contributed by atoms with Crippen molar-refractivity contribution in [3.63, 3.8) is 0 Å². The van der Waals surface area contributed by atoms with E-state index >= 15 is 0 Å². The fourth-order valence-electron chi connectivity index (χ4n) is 4.24. The van der Waals surface area contributed by atoms with E-state index in [1.807, 2.05) is 17.0 Å². The van der Waals surface area contributed by atoms with Crippen LogP contribution in [-0.2, 0) is 11.2 Å². The SMILES string of the molecule is CCC1=C(N[C@@H](C)c2ccccc2)CCN(CCc2c[nH]c3ccccc23)C1=O. The van der Waals surface area contributed by atoms with Gasteiger partial charge in [0.2, 0.25) is 0 Å². The van der Waals surface area contributed by atoms with E-state index in [0.717, 1.165) is 49.1 Å².